The molecule has 0 aromatic carbocycles. The van der Waals surface area contributed by atoms with E-state index in [0.717, 1.165) is 5.69 Å². The molecule has 2 aromatic heterocycles. The van der Waals surface area contributed by atoms with Crippen LogP contribution in [-0.2, 0) is 11.2 Å². The zero-order valence-corrected chi connectivity index (χ0v) is 14.8. The van der Waals surface area contributed by atoms with Crippen molar-refractivity contribution in [3.8, 4) is 0 Å². The molecule has 24 heavy (non-hydrogen) atoms. The molecule has 3 rings (SSSR count). The van der Waals surface area contributed by atoms with Crippen molar-refractivity contribution in [3.63, 3.8) is 0 Å². The summed E-state index contributed by atoms with van der Waals surface area (Å²) in [5, 5.41) is 19.1. The minimum absolute atomic E-state index is 0.145. The SMILES string of the molecule is C1CCCC1.CNO.Cc1cc(CC(=O)Nc2cc(=S)[nH][nH]2)on1. The summed E-state index contributed by atoms with van der Waals surface area (Å²) in [6.45, 7) is 1.80. The second-order valence-corrected chi connectivity index (χ2v) is 5.76. The van der Waals surface area contributed by atoms with Crippen LogP contribution in [0.15, 0.2) is 16.7 Å². The largest absolute Gasteiger partial charge is 0.361 e. The molecular weight excluding hydrogens is 330 g/mol. The zero-order chi connectivity index (χ0) is 17.8. The van der Waals surface area contributed by atoms with E-state index in [1.54, 1.807) is 24.5 Å². The lowest BCUT2D eigenvalue weighted by atomic mass is 10.3. The van der Waals surface area contributed by atoms with Crippen LogP contribution in [0, 0.1) is 11.6 Å². The Balaban J connectivity index is 0.000000298. The van der Waals surface area contributed by atoms with E-state index < -0.39 is 0 Å². The van der Waals surface area contributed by atoms with Gasteiger partial charge in [0.2, 0.25) is 5.91 Å². The molecule has 0 unspecified atom stereocenters. The van der Waals surface area contributed by atoms with Crippen molar-refractivity contribution in [1.82, 2.24) is 20.8 Å². The van der Waals surface area contributed by atoms with Crippen LogP contribution < -0.4 is 10.8 Å². The van der Waals surface area contributed by atoms with Gasteiger partial charge in [-0.25, -0.2) is 5.48 Å². The van der Waals surface area contributed by atoms with E-state index >= 15 is 0 Å². The summed E-state index contributed by atoms with van der Waals surface area (Å²) in [5.74, 6) is 0.872. The summed E-state index contributed by atoms with van der Waals surface area (Å²) in [4.78, 5) is 11.5. The van der Waals surface area contributed by atoms with E-state index in [1.165, 1.54) is 39.2 Å². The monoisotopic (exact) mass is 355 g/mol. The van der Waals surface area contributed by atoms with E-state index in [-0.39, 0.29) is 12.3 Å². The molecule has 1 aliphatic rings. The van der Waals surface area contributed by atoms with Crippen LogP contribution >= 0.6 is 12.2 Å². The van der Waals surface area contributed by atoms with Crippen LogP contribution in [0.25, 0.3) is 0 Å². The lowest BCUT2D eigenvalue weighted by Gasteiger charge is -1.98. The Labute approximate surface area is 146 Å². The summed E-state index contributed by atoms with van der Waals surface area (Å²) in [6.07, 6.45) is 7.65. The van der Waals surface area contributed by atoms with Gasteiger partial charge in [-0.3, -0.25) is 15.0 Å². The Morgan fingerprint density at radius 1 is 1.29 bits per heavy atom. The van der Waals surface area contributed by atoms with Crippen LogP contribution in [0.5, 0.6) is 0 Å². The second kappa shape index (κ2) is 11.5. The van der Waals surface area contributed by atoms with E-state index in [4.69, 9.17) is 21.9 Å². The highest BCUT2D eigenvalue weighted by atomic mass is 32.1. The number of hydrogen-bond donors (Lipinski definition) is 5. The number of aromatic nitrogens is 3. The third-order valence-electron chi connectivity index (χ3n) is 3.13. The van der Waals surface area contributed by atoms with Gasteiger partial charge in [0.1, 0.15) is 16.2 Å². The smallest absolute Gasteiger partial charge is 0.233 e. The van der Waals surface area contributed by atoms with Crippen molar-refractivity contribution in [3.05, 3.63) is 28.2 Å². The van der Waals surface area contributed by atoms with Gasteiger partial charge in [-0.2, -0.15) is 0 Å². The Bertz CT molecular complexity index is 638. The fraction of sp³-hybridized carbons (Fsp3) is 0.533. The standard InChI is InChI=1S/C9H10N4O2S.C5H10.CH5NO/c1-5-2-6(15-13-5)3-8(14)10-7-4-9(16)12-11-7;1-2-4-5-3-1;1-2-3/h2,4H,3H2,1H3,(H3,10,11,12,14,16);1-5H2;2-3H,1H3. The fourth-order valence-corrected chi connectivity index (χ4v) is 2.30. The van der Waals surface area contributed by atoms with Crippen LogP contribution in [0.2, 0.25) is 0 Å². The number of aromatic amines is 2. The second-order valence-electron chi connectivity index (χ2n) is 5.32. The van der Waals surface area contributed by atoms with E-state index in [1.807, 2.05) is 0 Å². The summed E-state index contributed by atoms with van der Waals surface area (Å²) in [6, 6.07) is 3.35. The van der Waals surface area contributed by atoms with Crippen LogP contribution in [0.1, 0.15) is 43.6 Å². The first-order valence-electron chi connectivity index (χ1n) is 7.85. The fourth-order valence-electron chi connectivity index (χ4n) is 2.14. The molecule has 0 atom stereocenters. The first-order valence-corrected chi connectivity index (χ1v) is 8.26. The van der Waals surface area contributed by atoms with Crippen LogP contribution in [0.3, 0.4) is 0 Å². The number of H-pyrrole nitrogens is 2. The van der Waals surface area contributed by atoms with Gasteiger partial charge < -0.3 is 15.0 Å². The number of carbonyl (C=O) groups is 1. The number of aryl methyl sites for hydroxylation is 1. The lowest BCUT2D eigenvalue weighted by Crippen LogP contribution is -2.14. The van der Waals surface area contributed by atoms with Gasteiger partial charge in [0, 0.05) is 19.2 Å². The molecule has 134 valence electrons. The molecule has 5 N–H and O–H groups in total. The maximum Gasteiger partial charge on any atom is 0.233 e. The lowest BCUT2D eigenvalue weighted by molar-refractivity contribution is -0.115. The predicted molar refractivity (Wildman–Crippen MR) is 93.5 cm³/mol. The van der Waals surface area contributed by atoms with Crippen molar-refractivity contribution >= 4 is 23.9 Å². The molecule has 0 radical (unpaired) electrons. The molecule has 1 saturated carbocycles. The highest BCUT2D eigenvalue weighted by Gasteiger charge is 2.08. The molecule has 2 heterocycles. The third kappa shape index (κ3) is 8.61. The van der Waals surface area contributed by atoms with E-state index in [2.05, 4.69) is 20.7 Å². The Morgan fingerprint density at radius 3 is 2.29 bits per heavy atom. The molecule has 2 aromatic rings. The maximum atomic E-state index is 11.5. The number of carbonyl (C=O) groups excluding carboxylic acids is 1. The average molecular weight is 355 g/mol. The summed E-state index contributed by atoms with van der Waals surface area (Å²) >= 11 is 4.85. The van der Waals surface area contributed by atoms with Crippen molar-refractivity contribution in [2.75, 3.05) is 12.4 Å². The quantitative estimate of drug-likeness (QED) is 0.426. The average Bonchev–Trinajstić information content (AvgIpc) is 3.25. The Morgan fingerprint density at radius 2 is 1.88 bits per heavy atom. The Kier molecular flexibility index (Phi) is 9.66. The third-order valence-corrected chi connectivity index (χ3v) is 3.35. The summed E-state index contributed by atoms with van der Waals surface area (Å²) in [5.41, 5.74) is 2.50. The number of hydroxylamine groups is 1. The van der Waals surface area contributed by atoms with Gasteiger partial charge in [0.15, 0.2) is 0 Å². The molecule has 0 bridgehead atoms. The maximum absolute atomic E-state index is 11.5. The molecule has 0 saturated heterocycles. The predicted octanol–water partition coefficient (Wildman–Crippen LogP) is 3.10. The minimum atomic E-state index is -0.193. The highest BCUT2D eigenvalue weighted by molar-refractivity contribution is 7.71. The van der Waals surface area contributed by atoms with Gasteiger partial charge in [0.25, 0.3) is 0 Å². The summed E-state index contributed by atoms with van der Waals surface area (Å²) < 4.78 is 5.46. The van der Waals surface area contributed by atoms with Crippen molar-refractivity contribution in [2.45, 2.75) is 45.4 Å². The number of nitrogens with zero attached hydrogens (tertiary/aromatic N) is 1. The number of amides is 1. The number of rotatable bonds is 3. The number of nitrogens with one attached hydrogen (secondary N) is 4. The highest BCUT2D eigenvalue weighted by Crippen LogP contribution is 2.15. The molecule has 1 aliphatic carbocycles. The normalized spacial score (nSPS) is 12.6. The first kappa shape index (κ1) is 20.1. The van der Waals surface area contributed by atoms with Crippen molar-refractivity contribution in [2.24, 2.45) is 0 Å². The van der Waals surface area contributed by atoms with Crippen molar-refractivity contribution < 1.29 is 14.5 Å². The molecule has 1 fully saturated rings. The molecule has 0 spiro atoms. The van der Waals surface area contributed by atoms with E-state index in [0.29, 0.717) is 16.2 Å². The molecule has 1 amide bonds. The van der Waals surface area contributed by atoms with Gasteiger partial charge >= 0.3 is 0 Å². The number of anilines is 1. The van der Waals surface area contributed by atoms with Crippen LogP contribution in [-0.4, -0.2) is 33.5 Å². The number of hydrogen-bond acceptors (Lipinski definition) is 6. The van der Waals surface area contributed by atoms with Crippen molar-refractivity contribution in [1.29, 1.82) is 0 Å². The van der Waals surface area contributed by atoms with E-state index in [9.17, 15) is 4.79 Å². The zero-order valence-electron chi connectivity index (χ0n) is 14.0. The van der Waals surface area contributed by atoms with Gasteiger partial charge in [-0.15, -0.1) is 0 Å². The van der Waals surface area contributed by atoms with Gasteiger partial charge in [-0.1, -0.05) is 49.5 Å². The first-order chi connectivity index (χ1) is 11.5. The van der Waals surface area contributed by atoms with Gasteiger partial charge in [-0.05, 0) is 6.92 Å². The van der Waals surface area contributed by atoms with Crippen LogP contribution in [0.4, 0.5) is 5.82 Å². The summed E-state index contributed by atoms with van der Waals surface area (Å²) in [7, 11) is 1.43. The Hall–Kier alpha value is -1.97. The topological polar surface area (TPSA) is 119 Å². The molecule has 8 nitrogen and oxygen atoms in total. The molecule has 9 heteroatoms. The molecular formula is C15H25N5O3S. The van der Waals surface area contributed by atoms with Gasteiger partial charge in [0.05, 0.1) is 12.1 Å². The molecule has 0 aliphatic heterocycles. The minimum Gasteiger partial charge on any atom is -0.361 e.